The summed E-state index contributed by atoms with van der Waals surface area (Å²) >= 11 is 0. The average Bonchev–Trinajstić information content (AvgIpc) is 2.15. The summed E-state index contributed by atoms with van der Waals surface area (Å²) in [6, 6.07) is 7.40. The maximum atomic E-state index is 8.93. The average molecular weight is 202 g/mol. The number of nitrogen functional groups attached to an aromatic ring is 1. The lowest BCUT2D eigenvalue weighted by Crippen LogP contribution is -2.19. The number of nitrogens with two attached hydrogens (primary N) is 1. The van der Waals surface area contributed by atoms with Crippen molar-refractivity contribution in [3.05, 3.63) is 23.8 Å². The van der Waals surface area contributed by atoms with Crippen molar-refractivity contribution in [3.63, 3.8) is 0 Å². The van der Waals surface area contributed by atoms with Crippen molar-refractivity contribution >= 4 is 5.69 Å². The van der Waals surface area contributed by atoms with Gasteiger partial charge in [-0.1, -0.05) is 12.5 Å². The fraction of sp³-hybridized carbons (Fsp3) is 0.417. The lowest BCUT2D eigenvalue weighted by Gasteiger charge is -2.25. The van der Waals surface area contributed by atoms with Gasteiger partial charge in [-0.25, -0.2) is 0 Å². The van der Waals surface area contributed by atoms with Crippen LogP contribution in [-0.4, -0.2) is 6.61 Å². The molecule has 0 atom stereocenters. The molecular formula is C12H14N2O. The fourth-order valence-corrected chi connectivity index (χ4v) is 1.66. The van der Waals surface area contributed by atoms with E-state index in [4.69, 9.17) is 15.7 Å². The Morgan fingerprint density at radius 3 is 2.87 bits per heavy atom. The molecule has 2 rings (SSSR count). The summed E-state index contributed by atoms with van der Waals surface area (Å²) in [5, 5.41) is 8.93. The molecule has 0 amide bonds. The SMILES string of the molecule is N#Cc1c(N)cccc1OCC1CCC1. The number of rotatable bonds is 3. The van der Waals surface area contributed by atoms with Crippen LogP contribution in [0.2, 0.25) is 0 Å². The van der Waals surface area contributed by atoms with Crippen LogP contribution in [0.3, 0.4) is 0 Å². The van der Waals surface area contributed by atoms with Crippen LogP contribution in [0.25, 0.3) is 0 Å². The second-order valence-electron chi connectivity index (χ2n) is 3.94. The van der Waals surface area contributed by atoms with E-state index in [9.17, 15) is 0 Å². The fourth-order valence-electron chi connectivity index (χ4n) is 1.66. The van der Waals surface area contributed by atoms with E-state index in [1.54, 1.807) is 12.1 Å². The molecule has 0 saturated heterocycles. The van der Waals surface area contributed by atoms with Crippen LogP contribution in [0.4, 0.5) is 5.69 Å². The van der Waals surface area contributed by atoms with Crippen LogP contribution in [0.5, 0.6) is 5.75 Å². The molecule has 0 bridgehead atoms. The van der Waals surface area contributed by atoms with Gasteiger partial charge in [-0.3, -0.25) is 0 Å². The van der Waals surface area contributed by atoms with Crippen molar-refractivity contribution in [1.82, 2.24) is 0 Å². The topological polar surface area (TPSA) is 59.0 Å². The van der Waals surface area contributed by atoms with E-state index in [-0.39, 0.29) is 0 Å². The van der Waals surface area contributed by atoms with E-state index in [0.29, 0.717) is 29.5 Å². The standard InChI is InChI=1S/C12H14N2O/c13-7-10-11(14)5-2-6-12(10)15-8-9-3-1-4-9/h2,5-6,9H,1,3-4,8,14H2. The Morgan fingerprint density at radius 1 is 1.47 bits per heavy atom. The van der Waals surface area contributed by atoms with E-state index < -0.39 is 0 Å². The second-order valence-corrected chi connectivity index (χ2v) is 3.94. The highest BCUT2D eigenvalue weighted by Crippen LogP contribution is 2.29. The predicted molar refractivity (Wildman–Crippen MR) is 58.4 cm³/mol. The summed E-state index contributed by atoms with van der Waals surface area (Å²) in [5.41, 5.74) is 6.63. The number of nitrogens with zero attached hydrogens (tertiary/aromatic N) is 1. The van der Waals surface area contributed by atoms with Crippen molar-refractivity contribution in [1.29, 1.82) is 5.26 Å². The van der Waals surface area contributed by atoms with Crippen molar-refractivity contribution in [2.24, 2.45) is 5.92 Å². The highest BCUT2D eigenvalue weighted by Gasteiger charge is 2.18. The van der Waals surface area contributed by atoms with Gasteiger partial charge in [0, 0.05) is 0 Å². The normalized spacial score (nSPS) is 15.4. The molecule has 0 radical (unpaired) electrons. The van der Waals surface area contributed by atoms with Crippen molar-refractivity contribution in [2.75, 3.05) is 12.3 Å². The second kappa shape index (κ2) is 4.22. The first kappa shape index (κ1) is 9.85. The van der Waals surface area contributed by atoms with Gasteiger partial charge in [0.1, 0.15) is 17.4 Å². The molecule has 0 heterocycles. The Bertz CT molecular complexity index is 391. The molecule has 0 aromatic heterocycles. The first-order chi connectivity index (χ1) is 7.31. The quantitative estimate of drug-likeness (QED) is 0.765. The van der Waals surface area contributed by atoms with Crippen molar-refractivity contribution in [2.45, 2.75) is 19.3 Å². The van der Waals surface area contributed by atoms with Gasteiger partial charge in [-0.2, -0.15) is 5.26 Å². The summed E-state index contributed by atoms with van der Waals surface area (Å²) in [5.74, 6) is 1.28. The smallest absolute Gasteiger partial charge is 0.139 e. The van der Waals surface area contributed by atoms with Gasteiger partial charge in [-0.05, 0) is 30.9 Å². The Hall–Kier alpha value is -1.69. The third kappa shape index (κ3) is 2.04. The Labute approximate surface area is 89.5 Å². The van der Waals surface area contributed by atoms with Crippen LogP contribution in [0.1, 0.15) is 24.8 Å². The summed E-state index contributed by atoms with van der Waals surface area (Å²) in [4.78, 5) is 0. The minimum absolute atomic E-state index is 0.455. The maximum Gasteiger partial charge on any atom is 0.139 e. The molecular weight excluding hydrogens is 188 g/mol. The van der Waals surface area contributed by atoms with Gasteiger partial charge in [0.15, 0.2) is 0 Å². The Morgan fingerprint density at radius 2 is 2.27 bits per heavy atom. The van der Waals surface area contributed by atoms with Gasteiger partial charge < -0.3 is 10.5 Å². The van der Waals surface area contributed by atoms with E-state index >= 15 is 0 Å². The molecule has 1 aromatic carbocycles. The minimum atomic E-state index is 0.455. The molecule has 1 aliphatic rings. The number of ether oxygens (including phenoxy) is 1. The van der Waals surface area contributed by atoms with Gasteiger partial charge in [-0.15, -0.1) is 0 Å². The van der Waals surface area contributed by atoms with Crippen LogP contribution in [-0.2, 0) is 0 Å². The molecule has 0 spiro atoms. The summed E-state index contributed by atoms with van der Waals surface area (Å²) in [6.45, 7) is 0.706. The molecule has 0 aliphatic heterocycles. The van der Waals surface area contributed by atoms with Gasteiger partial charge in [0.05, 0.1) is 12.3 Å². The zero-order valence-electron chi connectivity index (χ0n) is 8.57. The molecule has 1 aliphatic carbocycles. The lowest BCUT2D eigenvalue weighted by atomic mass is 9.86. The molecule has 15 heavy (non-hydrogen) atoms. The molecule has 78 valence electrons. The van der Waals surface area contributed by atoms with E-state index in [2.05, 4.69) is 6.07 Å². The molecule has 1 fully saturated rings. The van der Waals surface area contributed by atoms with Crippen LogP contribution < -0.4 is 10.5 Å². The molecule has 1 saturated carbocycles. The minimum Gasteiger partial charge on any atom is -0.492 e. The largest absolute Gasteiger partial charge is 0.492 e. The van der Waals surface area contributed by atoms with Crippen LogP contribution >= 0.6 is 0 Å². The lowest BCUT2D eigenvalue weighted by molar-refractivity contribution is 0.180. The van der Waals surface area contributed by atoms with Gasteiger partial charge in [0.2, 0.25) is 0 Å². The highest BCUT2D eigenvalue weighted by atomic mass is 16.5. The summed E-state index contributed by atoms with van der Waals surface area (Å²) < 4.78 is 5.61. The maximum absolute atomic E-state index is 8.93. The zero-order valence-corrected chi connectivity index (χ0v) is 8.57. The Kier molecular flexibility index (Phi) is 2.77. The number of benzene rings is 1. The van der Waals surface area contributed by atoms with E-state index in [1.807, 2.05) is 6.07 Å². The van der Waals surface area contributed by atoms with Crippen molar-refractivity contribution in [3.8, 4) is 11.8 Å². The summed E-state index contributed by atoms with van der Waals surface area (Å²) in [6.07, 6.45) is 3.78. The molecule has 0 unspecified atom stereocenters. The summed E-state index contributed by atoms with van der Waals surface area (Å²) in [7, 11) is 0. The molecule has 1 aromatic rings. The van der Waals surface area contributed by atoms with E-state index in [1.165, 1.54) is 19.3 Å². The number of hydrogen-bond donors (Lipinski definition) is 1. The van der Waals surface area contributed by atoms with E-state index in [0.717, 1.165) is 0 Å². The van der Waals surface area contributed by atoms with Gasteiger partial charge >= 0.3 is 0 Å². The van der Waals surface area contributed by atoms with Crippen LogP contribution in [0, 0.1) is 17.2 Å². The highest BCUT2D eigenvalue weighted by molar-refractivity contribution is 5.60. The number of anilines is 1. The molecule has 3 nitrogen and oxygen atoms in total. The first-order valence-electron chi connectivity index (χ1n) is 5.22. The zero-order chi connectivity index (χ0) is 10.7. The van der Waals surface area contributed by atoms with Crippen molar-refractivity contribution < 1.29 is 4.74 Å². The molecule has 2 N–H and O–H groups in total. The van der Waals surface area contributed by atoms with Crippen LogP contribution in [0.15, 0.2) is 18.2 Å². The van der Waals surface area contributed by atoms with Gasteiger partial charge in [0.25, 0.3) is 0 Å². The number of nitriles is 1. The number of hydrogen-bond acceptors (Lipinski definition) is 3. The predicted octanol–water partition coefficient (Wildman–Crippen LogP) is 2.32. The third-order valence-electron chi connectivity index (χ3n) is 2.87. The molecule has 3 heteroatoms. The Balaban J connectivity index is 2.06. The first-order valence-corrected chi connectivity index (χ1v) is 5.22. The third-order valence-corrected chi connectivity index (χ3v) is 2.87. The monoisotopic (exact) mass is 202 g/mol.